The molecule has 0 unspecified atom stereocenters. The predicted octanol–water partition coefficient (Wildman–Crippen LogP) is 5.09. The van der Waals surface area contributed by atoms with Gasteiger partial charge in [0, 0.05) is 18.3 Å². The zero-order valence-corrected chi connectivity index (χ0v) is 22.3. The average molecular weight is 544 g/mol. The molecule has 3 heterocycles. The molecule has 5 aromatic rings. The molecule has 0 atom stereocenters. The molecule has 0 radical (unpaired) electrons. The van der Waals surface area contributed by atoms with Crippen molar-refractivity contribution < 1.29 is 13.5 Å². The fourth-order valence-corrected chi connectivity index (χ4v) is 4.51. The highest BCUT2D eigenvalue weighted by Gasteiger charge is 2.22. The van der Waals surface area contributed by atoms with Crippen LogP contribution in [0, 0.1) is 18.6 Å². The van der Waals surface area contributed by atoms with Crippen LogP contribution in [0.4, 0.5) is 8.78 Å². The van der Waals surface area contributed by atoms with E-state index in [1.165, 1.54) is 22.9 Å². The highest BCUT2D eigenvalue weighted by Crippen LogP contribution is 2.25. The van der Waals surface area contributed by atoms with Crippen LogP contribution in [-0.2, 0) is 24.5 Å². The smallest absolute Gasteiger partial charge is 0.352 e. The van der Waals surface area contributed by atoms with E-state index in [0.717, 1.165) is 26.4 Å². The molecule has 0 fully saturated rings. The molecule has 5 rings (SSSR count). The number of benzene rings is 2. The van der Waals surface area contributed by atoms with Crippen molar-refractivity contribution in [3.8, 4) is 11.5 Å². The Bertz CT molecular complexity index is 1870. The average Bonchev–Trinajstić information content (AvgIpc) is 3.25. The summed E-state index contributed by atoms with van der Waals surface area (Å²) in [5.41, 5.74) is 1.49. The van der Waals surface area contributed by atoms with Crippen molar-refractivity contribution in [1.29, 1.82) is 0 Å². The van der Waals surface area contributed by atoms with E-state index in [4.69, 9.17) is 4.74 Å². The highest BCUT2D eigenvalue weighted by molar-refractivity contribution is 5.90. The first-order valence-electron chi connectivity index (χ1n) is 12.7. The van der Waals surface area contributed by atoms with Gasteiger partial charge in [-0.3, -0.25) is 13.9 Å². The van der Waals surface area contributed by atoms with Gasteiger partial charge in [0.05, 0.1) is 23.2 Å². The van der Waals surface area contributed by atoms with Crippen LogP contribution in [0.15, 0.2) is 77.0 Å². The number of hydrogen-bond donors (Lipinski definition) is 0. The second-order valence-electron chi connectivity index (χ2n) is 9.48. The maximum absolute atomic E-state index is 15.5. The number of ether oxygens (including phenoxy) is 1. The Morgan fingerprint density at radius 3 is 2.48 bits per heavy atom. The number of hydrogen-bond acceptors (Lipinski definition) is 5. The molecule has 10 heteroatoms. The SMILES string of the molecule is C=C(C)c1cn(-c2cc(C)ccc2F)c(=O)c2cc(F)c(-n3nc(COCc4ccccc4)n(CC)c3=O)nc12. The van der Waals surface area contributed by atoms with E-state index in [2.05, 4.69) is 16.7 Å². The van der Waals surface area contributed by atoms with Gasteiger partial charge >= 0.3 is 5.69 Å². The Balaban J connectivity index is 1.62. The molecule has 0 bridgehead atoms. The first-order valence-corrected chi connectivity index (χ1v) is 12.7. The number of halogens is 2. The summed E-state index contributed by atoms with van der Waals surface area (Å²) in [6, 6.07) is 14.9. The molecular weight excluding hydrogens is 516 g/mol. The van der Waals surface area contributed by atoms with E-state index in [1.807, 2.05) is 30.3 Å². The van der Waals surface area contributed by atoms with Crippen LogP contribution < -0.4 is 11.2 Å². The van der Waals surface area contributed by atoms with Crippen LogP contribution in [0.1, 0.15) is 36.4 Å². The molecule has 0 saturated carbocycles. The number of allylic oxidation sites excluding steroid dienone is 1. The van der Waals surface area contributed by atoms with Crippen molar-refractivity contribution in [3.05, 3.63) is 122 Å². The lowest BCUT2D eigenvalue weighted by atomic mass is 10.1. The van der Waals surface area contributed by atoms with Crippen LogP contribution >= 0.6 is 0 Å². The predicted molar refractivity (Wildman–Crippen MR) is 149 cm³/mol. The number of pyridine rings is 2. The van der Waals surface area contributed by atoms with Crippen LogP contribution in [0.2, 0.25) is 0 Å². The summed E-state index contributed by atoms with van der Waals surface area (Å²) < 4.78 is 39.4. The number of aryl methyl sites for hydroxylation is 1. The Morgan fingerprint density at radius 2 is 1.77 bits per heavy atom. The molecule has 8 nitrogen and oxygen atoms in total. The molecule has 0 aliphatic carbocycles. The van der Waals surface area contributed by atoms with Crippen molar-refractivity contribution in [1.82, 2.24) is 23.9 Å². The van der Waals surface area contributed by atoms with Crippen molar-refractivity contribution in [2.24, 2.45) is 0 Å². The standard InChI is InChI=1S/C30H27F2N5O3/c1-5-35-26(17-40-16-20-9-7-6-8-10-20)34-37(30(35)39)28-24(32)14-21-27(33-28)22(18(2)3)15-36(29(21)38)25-13-19(4)11-12-23(25)31/h6-15H,2,5,16-17H2,1,3-4H3. The topological polar surface area (TPSA) is 83.9 Å². The molecule has 0 aliphatic heterocycles. The quantitative estimate of drug-likeness (QED) is 0.272. The van der Waals surface area contributed by atoms with E-state index in [1.54, 1.807) is 26.8 Å². The Kier molecular flexibility index (Phi) is 7.27. The summed E-state index contributed by atoms with van der Waals surface area (Å²) in [4.78, 5) is 31.0. The molecule has 40 heavy (non-hydrogen) atoms. The molecule has 204 valence electrons. The minimum Gasteiger partial charge on any atom is -0.369 e. The molecule has 0 spiro atoms. The van der Waals surface area contributed by atoms with Gasteiger partial charge in [0.15, 0.2) is 17.5 Å². The molecular formula is C30H27F2N5O3. The lowest BCUT2D eigenvalue weighted by Crippen LogP contribution is -2.26. The van der Waals surface area contributed by atoms with Crippen molar-refractivity contribution in [2.75, 3.05) is 0 Å². The summed E-state index contributed by atoms with van der Waals surface area (Å²) in [6.07, 6.45) is 1.43. The van der Waals surface area contributed by atoms with Crippen molar-refractivity contribution >= 4 is 16.5 Å². The van der Waals surface area contributed by atoms with Gasteiger partial charge in [0.2, 0.25) is 0 Å². The number of aromatic nitrogens is 5. The normalized spacial score (nSPS) is 11.3. The van der Waals surface area contributed by atoms with E-state index in [9.17, 15) is 14.0 Å². The summed E-state index contributed by atoms with van der Waals surface area (Å²) in [5.74, 6) is -1.60. The van der Waals surface area contributed by atoms with Crippen molar-refractivity contribution in [3.63, 3.8) is 0 Å². The van der Waals surface area contributed by atoms with Crippen LogP contribution in [0.3, 0.4) is 0 Å². The van der Waals surface area contributed by atoms with Gasteiger partial charge in [-0.15, -0.1) is 5.10 Å². The van der Waals surface area contributed by atoms with Gasteiger partial charge in [-0.1, -0.05) is 43.0 Å². The number of rotatable bonds is 8. The first kappa shape index (κ1) is 26.9. The Morgan fingerprint density at radius 1 is 1.02 bits per heavy atom. The molecule has 0 saturated heterocycles. The zero-order chi connectivity index (χ0) is 28.6. The summed E-state index contributed by atoms with van der Waals surface area (Å²) in [6.45, 7) is 9.81. The van der Waals surface area contributed by atoms with Crippen LogP contribution in [0.25, 0.3) is 28.0 Å². The number of nitrogens with zero attached hydrogens (tertiary/aromatic N) is 5. The van der Waals surface area contributed by atoms with E-state index >= 15 is 4.39 Å². The second kappa shape index (κ2) is 10.8. The largest absolute Gasteiger partial charge is 0.369 e. The fraction of sp³-hybridized carbons (Fsp3) is 0.200. The minimum absolute atomic E-state index is 0.0178. The Labute approximate surface area is 228 Å². The second-order valence-corrected chi connectivity index (χ2v) is 9.48. The van der Waals surface area contributed by atoms with Gasteiger partial charge in [-0.25, -0.2) is 18.6 Å². The van der Waals surface area contributed by atoms with Gasteiger partial charge in [0.25, 0.3) is 5.56 Å². The third-order valence-corrected chi connectivity index (χ3v) is 6.54. The molecule has 0 amide bonds. The minimum atomic E-state index is -0.931. The maximum Gasteiger partial charge on any atom is 0.352 e. The van der Waals surface area contributed by atoms with Crippen molar-refractivity contribution in [2.45, 2.75) is 40.5 Å². The lowest BCUT2D eigenvalue weighted by molar-refractivity contribution is 0.0989. The Hall–Kier alpha value is -4.70. The third-order valence-electron chi connectivity index (χ3n) is 6.54. The van der Waals surface area contributed by atoms with Gasteiger partial charge in [0.1, 0.15) is 12.4 Å². The summed E-state index contributed by atoms with van der Waals surface area (Å²) >= 11 is 0. The van der Waals surface area contributed by atoms with Gasteiger partial charge < -0.3 is 4.74 Å². The molecule has 0 aliphatic rings. The highest BCUT2D eigenvalue weighted by atomic mass is 19.1. The first-order chi connectivity index (χ1) is 19.2. The summed E-state index contributed by atoms with van der Waals surface area (Å²) in [7, 11) is 0. The molecule has 3 aromatic heterocycles. The molecule has 0 N–H and O–H groups in total. The van der Waals surface area contributed by atoms with Gasteiger partial charge in [-0.2, -0.15) is 4.68 Å². The van der Waals surface area contributed by atoms with E-state index < -0.39 is 22.9 Å². The van der Waals surface area contributed by atoms with Gasteiger partial charge in [-0.05, 0) is 55.7 Å². The third kappa shape index (κ3) is 4.89. The number of fused-ring (bicyclic) bond motifs is 1. The van der Waals surface area contributed by atoms with Crippen LogP contribution in [-0.4, -0.2) is 23.9 Å². The lowest BCUT2D eigenvalue weighted by Gasteiger charge is -2.14. The fourth-order valence-electron chi connectivity index (χ4n) is 4.51. The van der Waals surface area contributed by atoms with Crippen LogP contribution in [0.5, 0.6) is 0 Å². The monoisotopic (exact) mass is 543 g/mol. The van der Waals surface area contributed by atoms with E-state index in [-0.39, 0.29) is 35.6 Å². The zero-order valence-electron chi connectivity index (χ0n) is 22.3. The maximum atomic E-state index is 15.5. The summed E-state index contributed by atoms with van der Waals surface area (Å²) in [5, 5.41) is 4.23. The van der Waals surface area contributed by atoms with E-state index in [0.29, 0.717) is 23.6 Å². The molecule has 2 aromatic carbocycles.